The molecule has 0 atom stereocenters. The summed E-state index contributed by atoms with van der Waals surface area (Å²) in [6, 6.07) is 0. The third-order valence-electron chi connectivity index (χ3n) is 0. The molecule has 0 saturated heterocycles. The fraction of sp³-hybridized carbons (Fsp3) is 0. The first-order valence-corrected chi connectivity index (χ1v) is 7.63. The monoisotopic (exact) mass is 282 g/mol. The molecule has 0 bridgehead atoms. The maximum atomic E-state index is 4.98. The van der Waals surface area contributed by atoms with Crippen LogP contribution in [0.25, 0.3) is 0 Å². The molecule has 0 aromatic carbocycles. The first kappa shape index (κ1) is 41.9. The number of halogens is 4. The van der Waals surface area contributed by atoms with Crippen LogP contribution in [0.15, 0.2) is 0 Å². The van der Waals surface area contributed by atoms with Crippen molar-refractivity contribution >= 4 is 40.2 Å². The van der Waals surface area contributed by atoms with Crippen molar-refractivity contribution in [2.24, 2.45) is 0 Å². The van der Waals surface area contributed by atoms with E-state index in [4.69, 9.17) is 40.2 Å². The molecule has 0 amide bonds. The Hall–Kier alpha value is 1.49. The molecular formula is H10Cl4CrO5. The molecule has 0 aromatic rings. The Balaban J connectivity index is -0.00000000800. The predicted octanol–water partition coefficient (Wildman–Crippen LogP) is -1.37. The zero-order valence-electron chi connectivity index (χ0n) is 4.42. The van der Waals surface area contributed by atoms with E-state index < -0.39 is 9.39 Å². The summed E-state index contributed by atoms with van der Waals surface area (Å²) in [6.07, 6.45) is 0. The molecule has 0 aliphatic heterocycles. The summed E-state index contributed by atoms with van der Waals surface area (Å²) in [5.41, 5.74) is 0. The van der Waals surface area contributed by atoms with Gasteiger partial charge in [0.05, 0.1) is 0 Å². The molecule has 10 N–H and O–H groups in total. The zero-order chi connectivity index (χ0) is 4.50. The third-order valence-corrected chi connectivity index (χ3v) is 0. The van der Waals surface area contributed by atoms with E-state index in [-0.39, 0.29) is 27.4 Å². The van der Waals surface area contributed by atoms with E-state index >= 15 is 0 Å². The van der Waals surface area contributed by atoms with Crippen LogP contribution in [0.3, 0.4) is 0 Å². The summed E-state index contributed by atoms with van der Waals surface area (Å²) >= 11 is 0. The fourth-order valence-corrected chi connectivity index (χ4v) is 0. The van der Waals surface area contributed by atoms with E-state index in [1.165, 1.54) is 0 Å². The Bertz CT molecular complexity index is 29.1. The van der Waals surface area contributed by atoms with Gasteiger partial charge in [-0.05, 0) is 0 Å². The summed E-state index contributed by atoms with van der Waals surface area (Å²) in [5.74, 6) is 0. The minimum atomic E-state index is -2.86. The average molecular weight is 284 g/mol. The predicted molar refractivity (Wildman–Crippen MR) is 41.5 cm³/mol. The molecule has 0 spiro atoms. The summed E-state index contributed by atoms with van der Waals surface area (Å²) in [6.45, 7) is 0. The molecule has 0 radical (unpaired) electrons. The fourth-order valence-electron chi connectivity index (χ4n) is 0. The van der Waals surface area contributed by atoms with E-state index in [2.05, 4.69) is 0 Å². The zero-order valence-corrected chi connectivity index (χ0v) is 8.72. The van der Waals surface area contributed by atoms with Crippen molar-refractivity contribution in [1.82, 2.24) is 0 Å². The van der Waals surface area contributed by atoms with Gasteiger partial charge in [0.2, 0.25) is 0 Å². The second kappa shape index (κ2) is 16.8. The van der Waals surface area contributed by atoms with Crippen LogP contribution in [0.1, 0.15) is 0 Å². The second-order valence-corrected chi connectivity index (χ2v) is 13.0. The second-order valence-electron chi connectivity index (χ2n) is 0.350. The quantitative estimate of drug-likeness (QED) is 0.514. The van der Waals surface area contributed by atoms with Crippen molar-refractivity contribution in [2.75, 3.05) is 0 Å². The first-order valence-electron chi connectivity index (χ1n) is 0.617. The molecule has 0 heterocycles. The van der Waals surface area contributed by atoms with Crippen LogP contribution in [0.4, 0.5) is 0 Å². The van der Waals surface area contributed by atoms with Crippen molar-refractivity contribution in [3.05, 3.63) is 0 Å². The van der Waals surface area contributed by atoms with Crippen LogP contribution in [0, 0.1) is 0 Å². The molecule has 0 unspecified atom stereocenters. The van der Waals surface area contributed by atoms with E-state index in [1.54, 1.807) is 0 Å². The normalized spacial score (nSPS) is 7.60. The number of hydrogen-bond donors (Lipinski definition) is 0. The summed E-state index contributed by atoms with van der Waals surface area (Å²) in [4.78, 5) is 0. The number of rotatable bonds is 0. The van der Waals surface area contributed by atoms with Crippen molar-refractivity contribution in [3.8, 4) is 0 Å². The van der Waals surface area contributed by atoms with Gasteiger partial charge in [0.25, 0.3) is 0 Å². The van der Waals surface area contributed by atoms with Gasteiger partial charge in [-0.25, -0.2) is 0 Å². The summed E-state index contributed by atoms with van der Waals surface area (Å²) in [5, 5.41) is 0. The maximum absolute atomic E-state index is 4.98. The Labute approximate surface area is 76.9 Å². The molecule has 0 aromatic heterocycles. The van der Waals surface area contributed by atoms with Crippen LogP contribution in [-0.2, 0) is 9.39 Å². The molecule has 74 valence electrons. The molecule has 5 nitrogen and oxygen atoms in total. The Morgan fingerprint density at radius 3 is 0.500 bits per heavy atom. The molecular weight excluding hydrogens is 274 g/mol. The molecule has 10 heteroatoms. The van der Waals surface area contributed by atoms with Gasteiger partial charge in [-0.3, -0.25) is 0 Å². The van der Waals surface area contributed by atoms with E-state index in [0.29, 0.717) is 0 Å². The van der Waals surface area contributed by atoms with Crippen LogP contribution in [0.5, 0.6) is 0 Å². The molecule has 10 heavy (non-hydrogen) atoms. The van der Waals surface area contributed by atoms with Gasteiger partial charge < -0.3 is 27.4 Å². The van der Waals surface area contributed by atoms with Crippen molar-refractivity contribution in [3.63, 3.8) is 0 Å². The Kier molecular flexibility index (Phi) is 70.6. The molecule has 0 aliphatic rings. The Morgan fingerprint density at radius 1 is 0.500 bits per heavy atom. The van der Waals surface area contributed by atoms with Crippen LogP contribution < -0.4 is 0 Å². The summed E-state index contributed by atoms with van der Waals surface area (Å²) < 4.78 is 0. The van der Waals surface area contributed by atoms with E-state index in [9.17, 15) is 0 Å². The molecule has 0 fully saturated rings. The van der Waals surface area contributed by atoms with Gasteiger partial charge in [-0.1, -0.05) is 0 Å². The first-order chi connectivity index (χ1) is 2.00. The molecule has 0 saturated carbocycles. The van der Waals surface area contributed by atoms with Crippen LogP contribution in [0.2, 0.25) is 0 Å². The average Bonchev–Trinajstić information content (AvgIpc) is 0.722. The van der Waals surface area contributed by atoms with Gasteiger partial charge in [0.15, 0.2) is 0 Å². The van der Waals surface area contributed by atoms with Gasteiger partial charge >= 0.3 is 49.6 Å². The minimum absolute atomic E-state index is 0. The number of hydrogen-bond acceptors (Lipinski definition) is 0. The standard InChI is InChI=1S/4ClH.Cr.5H2O/h4*1H;;5*1H2/q;;;;+4;;;;;/p-4. The summed E-state index contributed by atoms with van der Waals surface area (Å²) in [7, 11) is 17.1. The van der Waals surface area contributed by atoms with Crippen molar-refractivity contribution in [2.45, 2.75) is 0 Å². The van der Waals surface area contributed by atoms with Gasteiger partial charge in [0, 0.05) is 0 Å². The van der Waals surface area contributed by atoms with Gasteiger partial charge in [0.1, 0.15) is 0 Å². The van der Waals surface area contributed by atoms with Crippen molar-refractivity contribution < 1.29 is 36.8 Å². The van der Waals surface area contributed by atoms with Gasteiger partial charge in [-0.2, -0.15) is 0 Å². The molecule has 0 rings (SSSR count). The SMILES string of the molecule is O.O.O.O.O.[Cl][Cr]([Cl])([Cl])[Cl]. The third kappa shape index (κ3) is 307. The topological polar surface area (TPSA) is 158 Å². The van der Waals surface area contributed by atoms with Crippen molar-refractivity contribution in [1.29, 1.82) is 0 Å². The Morgan fingerprint density at radius 2 is 0.500 bits per heavy atom. The van der Waals surface area contributed by atoms with Crippen LogP contribution >= 0.6 is 40.2 Å². The van der Waals surface area contributed by atoms with Crippen LogP contribution in [-0.4, -0.2) is 27.4 Å². The van der Waals surface area contributed by atoms with E-state index in [1.807, 2.05) is 0 Å². The van der Waals surface area contributed by atoms with E-state index in [0.717, 1.165) is 0 Å². The van der Waals surface area contributed by atoms with Gasteiger partial charge in [-0.15, -0.1) is 0 Å². The molecule has 0 aliphatic carbocycles.